The Morgan fingerprint density at radius 1 is 1.48 bits per heavy atom. The number of nitrogen functional groups attached to an aromatic ring is 1. The van der Waals surface area contributed by atoms with E-state index in [1.165, 1.54) is 4.90 Å². The number of aromatic nitrogens is 4. The van der Waals surface area contributed by atoms with Crippen molar-refractivity contribution in [2.45, 2.75) is 19.4 Å². The lowest BCUT2D eigenvalue weighted by atomic mass is 10.1. The molecule has 1 fully saturated rings. The molecule has 1 aliphatic heterocycles. The summed E-state index contributed by atoms with van der Waals surface area (Å²) in [7, 11) is 0. The SMILES string of the molecule is CC[C@H]1CN(C(=O)O)CCN1c1nc(N)nc2ccnn12. The Kier molecular flexibility index (Phi) is 3.24. The van der Waals surface area contributed by atoms with E-state index >= 15 is 0 Å². The van der Waals surface area contributed by atoms with Crippen molar-refractivity contribution >= 4 is 23.6 Å². The molecule has 0 unspecified atom stereocenters. The van der Waals surface area contributed by atoms with E-state index in [-0.39, 0.29) is 12.0 Å². The number of hydrogen-bond donors (Lipinski definition) is 2. The monoisotopic (exact) mass is 291 g/mol. The van der Waals surface area contributed by atoms with Crippen LogP contribution in [0.2, 0.25) is 0 Å². The summed E-state index contributed by atoms with van der Waals surface area (Å²) >= 11 is 0. The second-order valence-electron chi connectivity index (χ2n) is 4.97. The molecule has 0 spiro atoms. The molecule has 9 heteroatoms. The van der Waals surface area contributed by atoms with Crippen molar-refractivity contribution in [3.05, 3.63) is 12.3 Å². The van der Waals surface area contributed by atoms with Crippen LogP contribution in [0.3, 0.4) is 0 Å². The summed E-state index contributed by atoms with van der Waals surface area (Å²) in [6.07, 6.45) is 1.55. The molecule has 3 N–H and O–H groups in total. The molecule has 1 aliphatic rings. The number of nitrogens with zero attached hydrogens (tertiary/aromatic N) is 6. The number of piperazine rings is 1. The summed E-state index contributed by atoms with van der Waals surface area (Å²) in [6.45, 7) is 3.45. The fourth-order valence-electron chi connectivity index (χ4n) is 2.65. The Bertz CT molecular complexity index is 671. The van der Waals surface area contributed by atoms with E-state index < -0.39 is 6.09 Å². The summed E-state index contributed by atoms with van der Waals surface area (Å²) < 4.78 is 1.63. The zero-order chi connectivity index (χ0) is 15.0. The highest BCUT2D eigenvalue weighted by Crippen LogP contribution is 2.21. The molecule has 21 heavy (non-hydrogen) atoms. The van der Waals surface area contributed by atoms with Crippen LogP contribution in [-0.4, -0.2) is 61.4 Å². The van der Waals surface area contributed by atoms with E-state index in [4.69, 9.17) is 10.8 Å². The predicted octanol–water partition coefficient (Wildman–Crippen LogP) is 0.285. The van der Waals surface area contributed by atoms with Gasteiger partial charge >= 0.3 is 6.09 Å². The largest absolute Gasteiger partial charge is 0.465 e. The number of amides is 1. The second-order valence-corrected chi connectivity index (χ2v) is 4.97. The fourth-order valence-corrected chi connectivity index (χ4v) is 2.65. The summed E-state index contributed by atoms with van der Waals surface area (Å²) in [6, 6.07) is 1.80. The first kappa shape index (κ1) is 13.4. The Hall–Kier alpha value is -2.58. The average Bonchev–Trinajstić information content (AvgIpc) is 2.93. The fraction of sp³-hybridized carbons (Fsp3) is 0.500. The van der Waals surface area contributed by atoms with Crippen molar-refractivity contribution in [3.8, 4) is 0 Å². The van der Waals surface area contributed by atoms with E-state index in [0.29, 0.717) is 31.2 Å². The number of anilines is 2. The number of nitrogens with two attached hydrogens (primary N) is 1. The molecular formula is C12H17N7O2. The second kappa shape index (κ2) is 5.08. The molecule has 3 rings (SSSR count). The first-order chi connectivity index (χ1) is 10.1. The first-order valence-corrected chi connectivity index (χ1v) is 6.82. The van der Waals surface area contributed by atoms with Crippen LogP contribution in [-0.2, 0) is 0 Å². The van der Waals surface area contributed by atoms with E-state index in [9.17, 15) is 4.79 Å². The number of fused-ring (bicyclic) bond motifs is 1. The number of carboxylic acid groups (broad SMARTS) is 1. The zero-order valence-electron chi connectivity index (χ0n) is 11.7. The van der Waals surface area contributed by atoms with Gasteiger partial charge in [-0.1, -0.05) is 6.92 Å². The van der Waals surface area contributed by atoms with Crippen molar-refractivity contribution in [1.29, 1.82) is 0 Å². The lowest BCUT2D eigenvalue weighted by Gasteiger charge is -2.40. The van der Waals surface area contributed by atoms with Gasteiger partial charge in [-0.2, -0.15) is 19.6 Å². The van der Waals surface area contributed by atoms with Crippen LogP contribution in [0.4, 0.5) is 16.7 Å². The van der Waals surface area contributed by atoms with E-state index in [1.54, 1.807) is 16.8 Å². The third kappa shape index (κ3) is 2.30. The Balaban J connectivity index is 1.98. The molecule has 3 heterocycles. The van der Waals surface area contributed by atoms with Gasteiger partial charge in [-0.3, -0.25) is 0 Å². The van der Waals surface area contributed by atoms with Gasteiger partial charge in [0.1, 0.15) is 0 Å². The van der Waals surface area contributed by atoms with Crippen molar-refractivity contribution in [1.82, 2.24) is 24.5 Å². The number of hydrogen-bond acceptors (Lipinski definition) is 6. The maximum absolute atomic E-state index is 11.1. The van der Waals surface area contributed by atoms with E-state index in [0.717, 1.165) is 6.42 Å². The summed E-state index contributed by atoms with van der Waals surface area (Å²) in [4.78, 5) is 23.0. The lowest BCUT2D eigenvalue weighted by molar-refractivity contribution is 0.134. The van der Waals surface area contributed by atoms with Gasteiger partial charge in [0.15, 0.2) is 5.65 Å². The van der Waals surface area contributed by atoms with Crippen LogP contribution in [0.5, 0.6) is 0 Å². The van der Waals surface area contributed by atoms with E-state index in [1.807, 2.05) is 6.92 Å². The van der Waals surface area contributed by atoms with Crippen molar-refractivity contribution in [2.75, 3.05) is 30.3 Å². The third-order valence-corrected chi connectivity index (χ3v) is 3.74. The molecule has 0 bridgehead atoms. The molecule has 1 saturated heterocycles. The van der Waals surface area contributed by atoms with Crippen molar-refractivity contribution in [2.24, 2.45) is 0 Å². The Morgan fingerprint density at radius 2 is 2.29 bits per heavy atom. The van der Waals surface area contributed by atoms with Crippen LogP contribution in [0, 0.1) is 0 Å². The van der Waals surface area contributed by atoms with Crippen molar-refractivity contribution < 1.29 is 9.90 Å². The molecule has 2 aromatic rings. The Labute approximate surface area is 121 Å². The first-order valence-electron chi connectivity index (χ1n) is 6.82. The van der Waals surface area contributed by atoms with Crippen LogP contribution >= 0.6 is 0 Å². The molecule has 112 valence electrons. The average molecular weight is 291 g/mol. The highest BCUT2D eigenvalue weighted by atomic mass is 16.4. The standard InChI is InChI=1S/C12H17N7O2/c1-2-8-7-17(12(20)21)5-6-18(8)11-16-10(13)15-9-3-4-14-19(9)11/h3-4,8H,2,5-7H2,1H3,(H2,13,15)(H,20,21)/t8-/m0/s1. The van der Waals surface area contributed by atoms with Gasteiger partial charge in [-0.05, 0) is 6.42 Å². The van der Waals surface area contributed by atoms with Gasteiger partial charge in [0.05, 0.1) is 6.20 Å². The minimum absolute atomic E-state index is 0.0385. The van der Waals surface area contributed by atoms with Gasteiger partial charge in [0.25, 0.3) is 0 Å². The number of rotatable bonds is 2. The molecule has 1 atom stereocenters. The lowest BCUT2D eigenvalue weighted by Crippen LogP contribution is -2.55. The van der Waals surface area contributed by atoms with Crippen LogP contribution in [0.25, 0.3) is 5.65 Å². The summed E-state index contributed by atoms with van der Waals surface area (Å²) in [5.74, 6) is 0.799. The van der Waals surface area contributed by atoms with Gasteiger partial charge in [0.2, 0.25) is 11.9 Å². The summed E-state index contributed by atoms with van der Waals surface area (Å²) in [5.41, 5.74) is 6.39. The van der Waals surface area contributed by atoms with Crippen LogP contribution in [0.1, 0.15) is 13.3 Å². The van der Waals surface area contributed by atoms with Gasteiger partial charge in [-0.15, -0.1) is 0 Å². The van der Waals surface area contributed by atoms with E-state index in [2.05, 4.69) is 20.0 Å². The topological polar surface area (TPSA) is 113 Å². The van der Waals surface area contributed by atoms with Crippen LogP contribution in [0.15, 0.2) is 12.3 Å². The molecule has 0 saturated carbocycles. The highest BCUT2D eigenvalue weighted by molar-refractivity contribution is 5.65. The Morgan fingerprint density at radius 3 is 3.00 bits per heavy atom. The van der Waals surface area contributed by atoms with Crippen LogP contribution < -0.4 is 10.6 Å². The minimum Gasteiger partial charge on any atom is -0.465 e. The van der Waals surface area contributed by atoms with Gasteiger partial charge < -0.3 is 20.6 Å². The smallest absolute Gasteiger partial charge is 0.407 e. The molecule has 0 aliphatic carbocycles. The molecule has 9 nitrogen and oxygen atoms in total. The number of carbonyl (C=O) groups is 1. The molecule has 0 radical (unpaired) electrons. The minimum atomic E-state index is -0.889. The molecular weight excluding hydrogens is 274 g/mol. The maximum Gasteiger partial charge on any atom is 0.407 e. The summed E-state index contributed by atoms with van der Waals surface area (Å²) in [5, 5.41) is 13.4. The normalized spacial score (nSPS) is 19.2. The third-order valence-electron chi connectivity index (χ3n) is 3.74. The maximum atomic E-state index is 11.1. The molecule has 1 amide bonds. The van der Waals surface area contributed by atoms with Gasteiger partial charge in [0, 0.05) is 31.7 Å². The predicted molar refractivity (Wildman–Crippen MR) is 76.2 cm³/mol. The molecule has 2 aromatic heterocycles. The molecule has 0 aromatic carbocycles. The zero-order valence-corrected chi connectivity index (χ0v) is 11.7. The van der Waals surface area contributed by atoms with Crippen molar-refractivity contribution in [3.63, 3.8) is 0 Å². The quantitative estimate of drug-likeness (QED) is 0.817. The van der Waals surface area contributed by atoms with Gasteiger partial charge in [-0.25, -0.2) is 4.79 Å². The highest BCUT2D eigenvalue weighted by Gasteiger charge is 2.30.